The minimum Gasteiger partial charge on any atom is -0.0776 e. The Labute approximate surface area is 172 Å². The van der Waals surface area contributed by atoms with Gasteiger partial charge in [-0.3, -0.25) is 0 Å². The first-order valence-electron chi connectivity index (χ1n) is 10.9. The zero-order valence-corrected chi connectivity index (χ0v) is 20.0. The predicted octanol–water partition coefficient (Wildman–Crippen LogP) is 8.80. The van der Waals surface area contributed by atoms with Crippen LogP contribution in [-0.2, 0) is 0 Å². The van der Waals surface area contributed by atoms with Crippen molar-refractivity contribution >= 4 is 0 Å². The molecule has 1 saturated carbocycles. The first kappa shape index (κ1) is 26.2. The van der Waals surface area contributed by atoms with Crippen LogP contribution in [0.2, 0.25) is 0 Å². The third-order valence-corrected chi connectivity index (χ3v) is 8.11. The van der Waals surface area contributed by atoms with Crippen LogP contribution in [0.15, 0.2) is 0 Å². The summed E-state index contributed by atoms with van der Waals surface area (Å²) in [6.07, 6.45) is 0. The zero-order chi connectivity index (χ0) is 20.5. The van der Waals surface area contributed by atoms with Crippen molar-refractivity contribution in [3.8, 4) is 0 Å². The van der Waals surface area contributed by atoms with Gasteiger partial charge in [0.15, 0.2) is 0 Å². The molecule has 0 N–H and O–H groups in total. The van der Waals surface area contributed by atoms with Crippen LogP contribution in [0.1, 0.15) is 102 Å². The van der Waals surface area contributed by atoms with Crippen molar-refractivity contribution in [1.29, 1.82) is 0 Å². The predicted molar refractivity (Wildman–Crippen MR) is 126 cm³/mol. The minimum atomic E-state index is 0. The number of benzene rings is 1. The molecular formula is C27H50. The van der Waals surface area contributed by atoms with Crippen LogP contribution in [0, 0.1) is 70.1 Å². The molecule has 27 heavy (non-hydrogen) atoms. The second kappa shape index (κ2) is 10.1. The maximum absolute atomic E-state index is 2.44. The molecule has 1 aromatic carbocycles. The quantitative estimate of drug-likeness (QED) is 0.485. The van der Waals surface area contributed by atoms with Crippen LogP contribution in [0.3, 0.4) is 0 Å². The van der Waals surface area contributed by atoms with Crippen molar-refractivity contribution in [2.24, 2.45) is 35.5 Å². The van der Waals surface area contributed by atoms with Crippen LogP contribution in [0.5, 0.6) is 0 Å². The fraction of sp³-hybridized carbons (Fsp3) is 0.778. The molecule has 0 aromatic heterocycles. The van der Waals surface area contributed by atoms with E-state index in [0.717, 1.165) is 35.5 Å². The van der Waals surface area contributed by atoms with Gasteiger partial charge in [-0.05, 0) is 109 Å². The molecule has 0 saturated heterocycles. The van der Waals surface area contributed by atoms with Gasteiger partial charge in [-0.15, -0.1) is 0 Å². The van der Waals surface area contributed by atoms with Gasteiger partial charge in [0.25, 0.3) is 0 Å². The molecule has 0 nitrogen and oxygen atoms in total. The van der Waals surface area contributed by atoms with Gasteiger partial charge in [-0.1, -0.05) is 62.8 Å². The van der Waals surface area contributed by atoms with Gasteiger partial charge in [-0.2, -0.15) is 0 Å². The van der Waals surface area contributed by atoms with Gasteiger partial charge in [0, 0.05) is 0 Å². The summed E-state index contributed by atoms with van der Waals surface area (Å²) in [6, 6.07) is 0. The molecule has 1 aliphatic carbocycles. The Kier molecular flexibility index (Phi) is 9.84. The first-order valence-corrected chi connectivity index (χ1v) is 10.9. The van der Waals surface area contributed by atoms with E-state index in [1.807, 2.05) is 0 Å². The Morgan fingerprint density at radius 1 is 0.519 bits per heavy atom. The molecule has 158 valence electrons. The van der Waals surface area contributed by atoms with Crippen LogP contribution >= 0.6 is 0 Å². The average Bonchev–Trinajstić information content (AvgIpc) is 2.75. The molecular weight excluding hydrogens is 324 g/mol. The summed E-state index contributed by atoms with van der Waals surface area (Å²) < 4.78 is 0. The SMILES string of the molecule is C.CC(C)C1C(C)C(C)C(C)C1C.Cc1c(C)c(C)c(C(C)C)c(C)c1C. The zero-order valence-electron chi connectivity index (χ0n) is 20.0. The van der Waals surface area contributed by atoms with E-state index in [1.165, 1.54) is 27.8 Å². The second-order valence-corrected chi connectivity index (χ2v) is 9.95. The summed E-state index contributed by atoms with van der Waals surface area (Å²) in [5.74, 6) is 6.15. The summed E-state index contributed by atoms with van der Waals surface area (Å²) in [4.78, 5) is 0. The van der Waals surface area contributed by atoms with Crippen molar-refractivity contribution < 1.29 is 0 Å². The summed E-state index contributed by atoms with van der Waals surface area (Å²) in [5.41, 5.74) is 8.92. The molecule has 1 aliphatic rings. The third-order valence-electron chi connectivity index (χ3n) is 8.11. The fourth-order valence-electron chi connectivity index (χ4n) is 5.75. The topological polar surface area (TPSA) is 0 Å². The first-order chi connectivity index (χ1) is 11.8. The Hall–Kier alpha value is -0.780. The molecule has 2 rings (SSSR count). The van der Waals surface area contributed by atoms with Gasteiger partial charge in [0.05, 0.1) is 0 Å². The van der Waals surface area contributed by atoms with Crippen LogP contribution in [-0.4, -0.2) is 0 Å². The van der Waals surface area contributed by atoms with Crippen molar-refractivity contribution in [2.75, 3.05) is 0 Å². The fourth-order valence-corrected chi connectivity index (χ4v) is 5.75. The van der Waals surface area contributed by atoms with E-state index in [1.54, 1.807) is 5.56 Å². The van der Waals surface area contributed by atoms with Crippen molar-refractivity contribution in [3.63, 3.8) is 0 Å². The maximum atomic E-state index is 2.44. The molecule has 0 amide bonds. The average molecular weight is 375 g/mol. The molecule has 0 radical (unpaired) electrons. The Morgan fingerprint density at radius 3 is 1.04 bits per heavy atom. The molecule has 0 heteroatoms. The van der Waals surface area contributed by atoms with Gasteiger partial charge in [-0.25, -0.2) is 0 Å². The van der Waals surface area contributed by atoms with Crippen molar-refractivity contribution in [2.45, 2.75) is 103 Å². The molecule has 0 heterocycles. The van der Waals surface area contributed by atoms with Crippen LogP contribution in [0.4, 0.5) is 0 Å². The second-order valence-electron chi connectivity index (χ2n) is 9.95. The van der Waals surface area contributed by atoms with Gasteiger partial charge >= 0.3 is 0 Å². The monoisotopic (exact) mass is 374 g/mol. The highest BCUT2D eigenvalue weighted by Crippen LogP contribution is 2.48. The van der Waals surface area contributed by atoms with E-state index in [-0.39, 0.29) is 7.43 Å². The summed E-state index contributed by atoms with van der Waals surface area (Å²) in [5, 5.41) is 0. The highest BCUT2D eigenvalue weighted by Gasteiger charge is 2.42. The van der Waals surface area contributed by atoms with Crippen molar-refractivity contribution in [3.05, 3.63) is 33.4 Å². The molecule has 4 atom stereocenters. The lowest BCUT2D eigenvalue weighted by molar-refractivity contribution is 0.237. The minimum absolute atomic E-state index is 0. The Bertz CT molecular complexity index is 562. The van der Waals surface area contributed by atoms with Crippen LogP contribution < -0.4 is 0 Å². The number of rotatable bonds is 2. The summed E-state index contributed by atoms with van der Waals surface area (Å²) in [6.45, 7) is 30.3. The lowest BCUT2D eigenvalue weighted by Gasteiger charge is -2.25. The molecule has 0 spiro atoms. The van der Waals surface area contributed by atoms with E-state index in [4.69, 9.17) is 0 Å². The molecule has 1 fully saturated rings. The molecule has 1 aromatic rings. The number of hydrogen-bond donors (Lipinski definition) is 0. The lowest BCUT2D eigenvalue weighted by Crippen LogP contribution is -2.19. The largest absolute Gasteiger partial charge is 0.0776 e. The van der Waals surface area contributed by atoms with E-state index in [0.29, 0.717) is 5.92 Å². The normalized spacial score (nSPS) is 27.4. The van der Waals surface area contributed by atoms with E-state index in [2.05, 4.69) is 90.0 Å². The van der Waals surface area contributed by atoms with Gasteiger partial charge in [0.1, 0.15) is 0 Å². The van der Waals surface area contributed by atoms with Gasteiger partial charge < -0.3 is 0 Å². The summed E-state index contributed by atoms with van der Waals surface area (Å²) in [7, 11) is 0. The summed E-state index contributed by atoms with van der Waals surface area (Å²) >= 11 is 0. The highest BCUT2D eigenvalue weighted by atomic mass is 14.5. The standard InChI is InChI=1S/C14H22.C12H24.CH4/c1-8(2)14-12(6)10(4)9(3)11(5)13(14)7;1-7(2)12-10(5)8(3)9(4)11(12)6;/h8H,1-7H3;7-12H,1-6H3;1H4. The van der Waals surface area contributed by atoms with Crippen molar-refractivity contribution in [1.82, 2.24) is 0 Å². The Balaban J connectivity index is 0.000000488. The number of hydrogen-bond acceptors (Lipinski definition) is 0. The Morgan fingerprint density at radius 2 is 0.815 bits per heavy atom. The third kappa shape index (κ3) is 5.18. The van der Waals surface area contributed by atoms with E-state index in [9.17, 15) is 0 Å². The highest BCUT2D eigenvalue weighted by molar-refractivity contribution is 5.50. The molecule has 0 bridgehead atoms. The molecule has 4 unspecified atom stereocenters. The van der Waals surface area contributed by atoms with E-state index < -0.39 is 0 Å². The van der Waals surface area contributed by atoms with Crippen LogP contribution in [0.25, 0.3) is 0 Å². The van der Waals surface area contributed by atoms with Gasteiger partial charge in [0.2, 0.25) is 0 Å². The smallest absolute Gasteiger partial charge is 0.0213 e. The lowest BCUT2D eigenvalue weighted by atomic mass is 9.81. The molecule has 0 aliphatic heterocycles. The van der Waals surface area contributed by atoms with E-state index >= 15 is 0 Å². The maximum Gasteiger partial charge on any atom is -0.0213 e.